The summed E-state index contributed by atoms with van der Waals surface area (Å²) in [5.41, 5.74) is 5.85. The molecule has 0 unspecified atom stereocenters. The molecule has 20 heavy (non-hydrogen) atoms. The molecule has 0 aliphatic rings. The second kappa shape index (κ2) is 6.15. The lowest BCUT2D eigenvalue weighted by Crippen LogP contribution is -2.11. The van der Waals surface area contributed by atoms with E-state index in [0.717, 1.165) is 0 Å². The van der Waals surface area contributed by atoms with E-state index < -0.39 is 11.6 Å². The third-order valence-corrected chi connectivity index (χ3v) is 4.04. The third kappa shape index (κ3) is 3.16. The zero-order valence-electron chi connectivity index (χ0n) is 9.79. The van der Waals surface area contributed by atoms with Crippen LogP contribution in [0.25, 0.3) is 0 Å². The highest BCUT2D eigenvalue weighted by Gasteiger charge is 2.15. The molecule has 104 valence electrons. The van der Waals surface area contributed by atoms with E-state index in [-0.39, 0.29) is 15.2 Å². The SMILES string of the molecule is NC(=S)c1ccc(Oc2ccc(F)cc2Br)c(F)c1Br. The molecule has 0 bridgehead atoms. The van der Waals surface area contributed by atoms with Crippen LogP contribution in [-0.2, 0) is 0 Å². The van der Waals surface area contributed by atoms with Gasteiger partial charge in [0.05, 0.1) is 8.95 Å². The van der Waals surface area contributed by atoms with Crippen molar-refractivity contribution < 1.29 is 13.5 Å². The monoisotopic (exact) mass is 421 g/mol. The second-order valence-corrected chi connectivity index (χ2v) is 5.87. The minimum atomic E-state index is -0.633. The summed E-state index contributed by atoms with van der Waals surface area (Å²) < 4.78 is 33.0. The van der Waals surface area contributed by atoms with Crippen LogP contribution in [0.5, 0.6) is 11.5 Å². The largest absolute Gasteiger partial charge is 0.453 e. The summed E-state index contributed by atoms with van der Waals surface area (Å²) in [6, 6.07) is 6.79. The number of ether oxygens (including phenoxy) is 1. The van der Waals surface area contributed by atoms with Crippen molar-refractivity contribution in [3.05, 3.63) is 56.5 Å². The topological polar surface area (TPSA) is 35.2 Å². The van der Waals surface area contributed by atoms with Gasteiger partial charge < -0.3 is 10.5 Å². The Hall–Kier alpha value is -1.05. The highest BCUT2D eigenvalue weighted by atomic mass is 79.9. The van der Waals surface area contributed by atoms with Gasteiger partial charge in [-0.3, -0.25) is 0 Å². The Kier molecular flexibility index (Phi) is 4.72. The summed E-state index contributed by atoms with van der Waals surface area (Å²) in [7, 11) is 0. The maximum atomic E-state index is 14.1. The summed E-state index contributed by atoms with van der Waals surface area (Å²) in [6.45, 7) is 0. The Morgan fingerprint density at radius 2 is 1.75 bits per heavy atom. The first-order valence-corrected chi connectivity index (χ1v) is 7.30. The van der Waals surface area contributed by atoms with Crippen LogP contribution in [-0.4, -0.2) is 4.99 Å². The maximum absolute atomic E-state index is 14.1. The fraction of sp³-hybridized carbons (Fsp3) is 0. The van der Waals surface area contributed by atoms with Gasteiger partial charge in [0.2, 0.25) is 0 Å². The molecule has 0 atom stereocenters. The van der Waals surface area contributed by atoms with E-state index in [1.807, 2.05) is 0 Å². The Balaban J connectivity index is 2.39. The zero-order chi connectivity index (χ0) is 14.9. The molecule has 0 spiro atoms. The molecule has 0 fully saturated rings. The predicted octanol–water partition coefficient (Wildman–Crippen LogP) is 4.92. The van der Waals surface area contributed by atoms with E-state index in [2.05, 4.69) is 31.9 Å². The Morgan fingerprint density at radius 3 is 2.35 bits per heavy atom. The standard InChI is InChI=1S/C13H7Br2F2NOS/c14-8-5-6(16)1-3-9(8)19-10-4-2-7(13(18)20)11(15)12(10)17/h1-5H,(H2,18,20). The molecule has 2 nitrogen and oxygen atoms in total. The minimum Gasteiger partial charge on any atom is -0.453 e. The fourth-order valence-corrected chi connectivity index (χ4v) is 2.75. The molecule has 2 aromatic carbocycles. The maximum Gasteiger partial charge on any atom is 0.180 e. The molecular weight excluding hydrogens is 416 g/mol. The van der Waals surface area contributed by atoms with Crippen molar-refractivity contribution in [3.63, 3.8) is 0 Å². The van der Waals surface area contributed by atoms with E-state index in [9.17, 15) is 8.78 Å². The highest BCUT2D eigenvalue weighted by molar-refractivity contribution is 9.10. The van der Waals surface area contributed by atoms with E-state index >= 15 is 0 Å². The highest BCUT2D eigenvalue weighted by Crippen LogP contribution is 2.35. The summed E-state index contributed by atoms with van der Waals surface area (Å²) in [4.78, 5) is 0.0743. The molecule has 0 aromatic heterocycles. The van der Waals surface area contributed by atoms with Crippen LogP contribution in [0.1, 0.15) is 5.56 Å². The number of benzene rings is 2. The number of hydrogen-bond acceptors (Lipinski definition) is 2. The molecule has 2 N–H and O–H groups in total. The smallest absolute Gasteiger partial charge is 0.180 e. The van der Waals surface area contributed by atoms with Gasteiger partial charge in [0.1, 0.15) is 16.6 Å². The van der Waals surface area contributed by atoms with Gasteiger partial charge in [-0.25, -0.2) is 8.78 Å². The first kappa shape index (κ1) is 15.3. The van der Waals surface area contributed by atoms with E-state index in [0.29, 0.717) is 15.8 Å². The molecular formula is C13H7Br2F2NOS. The summed E-state index contributed by atoms with van der Waals surface area (Å²) in [6.07, 6.45) is 0. The third-order valence-electron chi connectivity index (χ3n) is 2.43. The lowest BCUT2D eigenvalue weighted by Gasteiger charge is -2.11. The van der Waals surface area contributed by atoms with Crippen LogP contribution >= 0.6 is 44.1 Å². The number of halogens is 4. The van der Waals surface area contributed by atoms with Gasteiger partial charge in [-0.05, 0) is 62.2 Å². The van der Waals surface area contributed by atoms with Gasteiger partial charge in [-0.15, -0.1) is 0 Å². The Morgan fingerprint density at radius 1 is 1.10 bits per heavy atom. The van der Waals surface area contributed by atoms with Crippen LogP contribution < -0.4 is 10.5 Å². The number of hydrogen-bond donors (Lipinski definition) is 1. The Bertz CT molecular complexity index is 694. The van der Waals surface area contributed by atoms with Crippen LogP contribution in [0.15, 0.2) is 39.3 Å². The van der Waals surface area contributed by atoms with Gasteiger partial charge >= 0.3 is 0 Å². The molecule has 7 heteroatoms. The van der Waals surface area contributed by atoms with Crippen LogP contribution in [0, 0.1) is 11.6 Å². The van der Waals surface area contributed by atoms with Crippen molar-refractivity contribution in [1.82, 2.24) is 0 Å². The van der Waals surface area contributed by atoms with Crippen LogP contribution in [0.2, 0.25) is 0 Å². The van der Waals surface area contributed by atoms with Crippen LogP contribution in [0.4, 0.5) is 8.78 Å². The predicted molar refractivity (Wildman–Crippen MR) is 84.2 cm³/mol. The zero-order valence-corrected chi connectivity index (χ0v) is 13.8. The summed E-state index contributed by atoms with van der Waals surface area (Å²) >= 11 is 11.0. The van der Waals surface area contributed by atoms with E-state index in [1.165, 1.54) is 24.3 Å². The first-order valence-electron chi connectivity index (χ1n) is 5.31. The summed E-state index contributed by atoms with van der Waals surface area (Å²) in [5.74, 6) is -0.786. The average molecular weight is 423 g/mol. The van der Waals surface area contributed by atoms with Gasteiger partial charge in [-0.2, -0.15) is 0 Å². The van der Waals surface area contributed by atoms with Crippen LogP contribution in [0.3, 0.4) is 0 Å². The quantitative estimate of drug-likeness (QED) is 0.713. The average Bonchev–Trinajstić information content (AvgIpc) is 2.37. The number of nitrogens with two attached hydrogens (primary N) is 1. The van der Waals surface area contributed by atoms with Gasteiger partial charge in [0.25, 0.3) is 0 Å². The van der Waals surface area contributed by atoms with Gasteiger partial charge in [0, 0.05) is 5.56 Å². The molecule has 0 amide bonds. The molecule has 0 aliphatic heterocycles. The molecule has 0 heterocycles. The van der Waals surface area contributed by atoms with Gasteiger partial charge in [0.15, 0.2) is 11.6 Å². The van der Waals surface area contributed by atoms with E-state index in [1.54, 1.807) is 6.07 Å². The summed E-state index contributed by atoms with van der Waals surface area (Å²) in [5, 5.41) is 0. The van der Waals surface area contributed by atoms with Crippen molar-refractivity contribution in [2.75, 3.05) is 0 Å². The van der Waals surface area contributed by atoms with Crippen molar-refractivity contribution in [3.8, 4) is 11.5 Å². The molecule has 0 radical (unpaired) electrons. The Labute approximate surface area is 136 Å². The fourth-order valence-electron chi connectivity index (χ4n) is 1.48. The van der Waals surface area contributed by atoms with Crippen molar-refractivity contribution in [2.24, 2.45) is 5.73 Å². The molecule has 2 rings (SSSR count). The second-order valence-electron chi connectivity index (χ2n) is 3.78. The molecule has 0 saturated heterocycles. The van der Waals surface area contributed by atoms with E-state index in [4.69, 9.17) is 22.7 Å². The van der Waals surface area contributed by atoms with Crippen molar-refractivity contribution >= 4 is 49.1 Å². The molecule has 0 saturated carbocycles. The lowest BCUT2D eigenvalue weighted by molar-refractivity contribution is 0.437. The number of rotatable bonds is 3. The first-order chi connectivity index (χ1) is 9.40. The molecule has 0 aliphatic carbocycles. The lowest BCUT2D eigenvalue weighted by atomic mass is 10.2. The molecule has 2 aromatic rings. The van der Waals surface area contributed by atoms with Crippen molar-refractivity contribution in [1.29, 1.82) is 0 Å². The van der Waals surface area contributed by atoms with Crippen molar-refractivity contribution in [2.45, 2.75) is 0 Å². The normalized spacial score (nSPS) is 10.4. The van der Waals surface area contributed by atoms with Gasteiger partial charge in [-0.1, -0.05) is 12.2 Å². The number of thiocarbonyl (C=S) groups is 1. The minimum absolute atomic E-state index is 0.0239.